The van der Waals surface area contributed by atoms with Gasteiger partial charge in [0, 0.05) is 43.0 Å². The van der Waals surface area contributed by atoms with Crippen molar-refractivity contribution in [2.45, 2.75) is 17.2 Å². The molecule has 0 radical (unpaired) electrons. The molecule has 26 heavy (non-hydrogen) atoms. The molecule has 2 aliphatic heterocycles. The van der Waals surface area contributed by atoms with E-state index in [-0.39, 0.29) is 12.4 Å². The lowest BCUT2D eigenvalue weighted by molar-refractivity contribution is 0.249. The predicted molar refractivity (Wildman–Crippen MR) is 111 cm³/mol. The molecule has 4 nitrogen and oxygen atoms in total. The molecule has 1 fully saturated rings. The minimum atomic E-state index is 0. The Morgan fingerprint density at radius 2 is 1.92 bits per heavy atom. The van der Waals surface area contributed by atoms with Crippen molar-refractivity contribution in [3.63, 3.8) is 0 Å². The Kier molecular flexibility index (Phi) is 6.68. The van der Waals surface area contributed by atoms with Gasteiger partial charge in [0.25, 0.3) is 0 Å². The van der Waals surface area contributed by atoms with Crippen LogP contribution in [-0.4, -0.2) is 55.5 Å². The molecule has 0 spiro atoms. The number of methoxy groups -OCH3 is 1. The summed E-state index contributed by atoms with van der Waals surface area (Å²) < 4.78 is 5.45. The van der Waals surface area contributed by atoms with Crippen molar-refractivity contribution in [2.24, 2.45) is 0 Å². The van der Waals surface area contributed by atoms with Crippen LogP contribution in [0.5, 0.6) is 5.75 Å². The summed E-state index contributed by atoms with van der Waals surface area (Å²) in [6.45, 7) is 5.42. The van der Waals surface area contributed by atoms with Crippen LogP contribution in [-0.2, 0) is 0 Å². The van der Waals surface area contributed by atoms with Gasteiger partial charge in [-0.1, -0.05) is 18.2 Å². The summed E-state index contributed by atoms with van der Waals surface area (Å²) >= 11 is 2.02. The number of piperazine rings is 1. The van der Waals surface area contributed by atoms with Crippen molar-refractivity contribution in [3.8, 4) is 5.75 Å². The van der Waals surface area contributed by atoms with Gasteiger partial charge in [-0.05, 0) is 42.6 Å². The maximum atomic E-state index is 5.45. The third kappa shape index (κ3) is 4.11. The number of ether oxygens (including phenoxy) is 1. The third-order valence-electron chi connectivity index (χ3n) is 5.24. The first-order chi connectivity index (χ1) is 12.3. The fraction of sp³-hybridized carbons (Fsp3) is 0.450. The lowest BCUT2D eigenvalue weighted by Crippen LogP contribution is -2.47. The average molecular weight is 392 g/mol. The molecule has 2 aliphatic rings. The SMILES string of the molecule is COc1cccnc1N1CCN(CCC2CSc3ccccc32)CC1.Cl. The van der Waals surface area contributed by atoms with E-state index in [1.165, 1.54) is 23.6 Å². The smallest absolute Gasteiger partial charge is 0.171 e. The highest BCUT2D eigenvalue weighted by molar-refractivity contribution is 7.99. The molecular weight excluding hydrogens is 366 g/mol. The van der Waals surface area contributed by atoms with Gasteiger partial charge in [-0.25, -0.2) is 4.98 Å². The topological polar surface area (TPSA) is 28.6 Å². The van der Waals surface area contributed by atoms with Gasteiger partial charge in [0.15, 0.2) is 11.6 Å². The first-order valence-corrected chi connectivity index (χ1v) is 10.0. The summed E-state index contributed by atoms with van der Waals surface area (Å²) in [4.78, 5) is 10.9. The summed E-state index contributed by atoms with van der Waals surface area (Å²) in [6, 6.07) is 12.8. The van der Waals surface area contributed by atoms with Crippen LogP contribution in [0.15, 0.2) is 47.5 Å². The molecule has 0 amide bonds. The molecule has 1 atom stereocenters. The third-order valence-corrected chi connectivity index (χ3v) is 6.49. The van der Waals surface area contributed by atoms with Gasteiger partial charge in [-0.2, -0.15) is 0 Å². The second-order valence-corrected chi connectivity index (χ2v) is 7.75. The highest BCUT2D eigenvalue weighted by Gasteiger charge is 2.25. The van der Waals surface area contributed by atoms with Crippen molar-refractivity contribution in [1.29, 1.82) is 0 Å². The number of benzene rings is 1. The van der Waals surface area contributed by atoms with Gasteiger partial charge in [-0.15, -0.1) is 24.2 Å². The lowest BCUT2D eigenvalue weighted by Gasteiger charge is -2.36. The number of anilines is 1. The van der Waals surface area contributed by atoms with Gasteiger partial charge in [0.2, 0.25) is 0 Å². The zero-order valence-corrected chi connectivity index (χ0v) is 16.8. The molecule has 4 rings (SSSR count). The molecule has 0 N–H and O–H groups in total. The van der Waals surface area contributed by atoms with Crippen molar-refractivity contribution < 1.29 is 4.74 Å². The van der Waals surface area contributed by atoms with E-state index in [9.17, 15) is 0 Å². The largest absolute Gasteiger partial charge is 0.493 e. The Morgan fingerprint density at radius 1 is 1.12 bits per heavy atom. The summed E-state index contributed by atoms with van der Waals surface area (Å²) in [5.74, 6) is 3.81. The van der Waals surface area contributed by atoms with E-state index in [4.69, 9.17) is 4.74 Å². The first-order valence-electron chi connectivity index (χ1n) is 9.03. The molecule has 0 bridgehead atoms. The number of aromatic nitrogens is 1. The Hall–Kier alpha value is -1.43. The van der Waals surface area contributed by atoms with Crippen LogP contribution < -0.4 is 9.64 Å². The Balaban J connectivity index is 0.00000196. The van der Waals surface area contributed by atoms with Gasteiger partial charge >= 0.3 is 0 Å². The van der Waals surface area contributed by atoms with Crippen LogP contribution in [0.3, 0.4) is 0 Å². The van der Waals surface area contributed by atoms with Gasteiger partial charge in [0.1, 0.15) is 0 Å². The molecule has 1 aromatic carbocycles. The molecule has 1 aromatic heterocycles. The number of thioether (sulfide) groups is 1. The number of rotatable bonds is 5. The minimum Gasteiger partial charge on any atom is -0.493 e. The molecule has 0 aliphatic carbocycles. The highest BCUT2D eigenvalue weighted by atomic mass is 35.5. The molecule has 1 unspecified atom stereocenters. The maximum absolute atomic E-state index is 5.45. The van der Waals surface area contributed by atoms with E-state index in [2.05, 4.69) is 39.0 Å². The molecule has 1 saturated heterocycles. The van der Waals surface area contributed by atoms with E-state index >= 15 is 0 Å². The van der Waals surface area contributed by atoms with Crippen LogP contribution in [0, 0.1) is 0 Å². The molecule has 3 heterocycles. The number of hydrogen-bond donors (Lipinski definition) is 0. The van der Waals surface area contributed by atoms with E-state index in [0.29, 0.717) is 0 Å². The predicted octanol–water partition coefficient (Wildman–Crippen LogP) is 3.91. The minimum absolute atomic E-state index is 0. The zero-order valence-electron chi connectivity index (χ0n) is 15.1. The second kappa shape index (κ2) is 8.98. The van der Waals surface area contributed by atoms with E-state index in [1.54, 1.807) is 12.7 Å². The highest BCUT2D eigenvalue weighted by Crippen LogP contribution is 2.41. The van der Waals surface area contributed by atoms with E-state index in [1.807, 2.05) is 30.1 Å². The summed E-state index contributed by atoms with van der Waals surface area (Å²) in [5.41, 5.74) is 1.56. The van der Waals surface area contributed by atoms with Crippen molar-refractivity contribution in [3.05, 3.63) is 48.2 Å². The summed E-state index contributed by atoms with van der Waals surface area (Å²) in [7, 11) is 1.72. The van der Waals surface area contributed by atoms with Crippen molar-refractivity contribution >= 4 is 30.0 Å². The Morgan fingerprint density at radius 3 is 2.73 bits per heavy atom. The number of pyridine rings is 1. The molecule has 140 valence electrons. The van der Waals surface area contributed by atoms with Gasteiger partial charge < -0.3 is 9.64 Å². The number of halogens is 1. The van der Waals surface area contributed by atoms with E-state index < -0.39 is 0 Å². The fourth-order valence-electron chi connectivity index (χ4n) is 3.77. The standard InChI is InChI=1S/C20H25N3OS.ClH/c1-24-18-6-4-9-21-20(18)23-13-11-22(12-14-23)10-8-16-15-25-19-7-3-2-5-17(16)19;/h2-7,9,16H,8,10-15H2,1H3;1H. The quantitative estimate of drug-likeness (QED) is 0.770. The van der Waals surface area contributed by atoms with Crippen LogP contribution in [0.4, 0.5) is 5.82 Å². The van der Waals surface area contributed by atoms with Gasteiger partial charge in [-0.3, -0.25) is 4.90 Å². The van der Waals surface area contributed by atoms with Crippen molar-refractivity contribution in [1.82, 2.24) is 9.88 Å². The maximum Gasteiger partial charge on any atom is 0.171 e. The Labute approximate surface area is 166 Å². The lowest BCUT2D eigenvalue weighted by atomic mass is 9.97. The van der Waals surface area contributed by atoms with Crippen LogP contribution in [0.2, 0.25) is 0 Å². The number of nitrogens with zero attached hydrogens (tertiary/aromatic N) is 3. The molecule has 2 aromatic rings. The molecular formula is C20H26ClN3OS. The number of fused-ring (bicyclic) bond motifs is 1. The Bertz CT molecular complexity index is 722. The zero-order chi connectivity index (χ0) is 17.1. The van der Waals surface area contributed by atoms with Crippen LogP contribution in [0.25, 0.3) is 0 Å². The van der Waals surface area contributed by atoms with E-state index in [0.717, 1.165) is 43.7 Å². The van der Waals surface area contributed by atoms with Gasteiger partial charge in [0.05, 0.1) is 7.11 Å². The second-order valence-electron chi connectivity index (χ2n) is 6.69. The normalized spacial score (nSPS) is 19.7. The fourth-order valence-corrected chi connectivity index (χ4v) is 5.07. The average Bonchev–Trinajstić information content (AvgIpc) is 3.10. The summed E-state index contributed by atoms with van der Waals surface area (Å²) in [6.07, 6.45) is 3.11. The number of hydrogen-bond acceptors (Lipinski definition) is 5. The molecule has 0 saturated carbocycles. The first kappa shape index (κ1) is 19.3. The van der Waals surface area contributed by atoms with Crippen LogP contribution in [0.1, 0.15) is 17.9 Å². The summed E-state index contributed by atoms with van der Waals surface area (Å²) in [5, 5.41) is 0. The monoisotopic (exact) mass is 391 g/mol. The van der Waals surface area contributed by atoms with Crippen LogP contribution >= 0.6 is 24.2 Å². The van der Waals surface area contributed by atoms with Crippen molar-refractivity contribution in [2.75, 3.05) is 50.5 Å². The molecule has 6 heteroatoms.